The first-order valence-electron chi connectivity index (χ1n) is 2.77. The maximum atomic E-state index is 8.52. The standard InChI is InChI=1S/C7H8N2/c1-6-3-4-9(2)7(6)5-8/h3-4H,1-2H3. The number of nitrogens with zero attached hydrogens (tertiary/aromatic N) is 2. The molecular weight excluding hydrogens is 112 g/mol. The second-order valence-electron chi connectivity index (χ2n) is 2.07. The number of aryl methyl sites for hydroxylation is 2. The van der Waals surface area contributed by atoms with Crippen molar-refractivity contribution in [3.05, 3.63) is 23.5 Å². The first kappa shape index (κ1) is 5.90. The van der Waals surface area contributed by atoms with Crippen molar-refractivity contribution in [2.45, 2.75) is 6.92 Å². The van der Waals surface area contributed by atoms with Crippen molar-refractivity contribution in [2.75, 3.05) is 0 Å². The molecule has 0 aliphatic heterocycles. The van der Waals surface area contributed by atoms with Gasteiger partial charge in [0.2, 0.25) is 0 Å². The summed E-state index contributed by atoms with van der Waals surface area (Å²) in [6.07, 6.45) is 1.88. The first-order valence-corrected chi connectivity index (χ1v) is 2.77. The van der Waals surface area contributed by atoms with E-state index in [1.807, 2.05) is 30.8 Å². The van der Waals surface area contributed by atoms with Crippen molar-refractivity contribution in [1.82, 2.24) is 4.57 Å². The molecule has 0 unspecified atom stereocenters. The van der Waals surface area contributed by atoms with Crippen LogP contribution in [0.5, 0.6) is 0 Å². The molecule has 0 aliphatic carbocycles. The lowest BCUT2D eigenvalue weighted by Crippen LogP contribution is -1.89. The van der Waals surface area contributed by atoms with Crippen LogP contribution in [0.4, 0.5) is 0 Å². The number of hydrogen-bond donors (Lipinski definition) is 0. The maximum absolute atomic E-state index is 8.52. The van der Waals surface area contributed by atoms with E-state index in [1.54, 1.807) is 0 Å². The molecule has 1 rings (SSSR count). The van der Waals surface area contributed by atoms with Gasteiger partial charge >= 0.3 is 0 Å². The highest BCUT2D eigenvalue weighted by Gasteiger charge is 1.97. The van der Waals surface area contributed by atoms with Gasteiger partial charge in [0, 0.05) is 13.2 Å². The van der Waals surface area contributed by atoms with Gasteiger partial charge in [-0.05, 0) is 18.6 Å². The minimum atomic E-state index is 0.745. The predicted octanol–water partition coefficient (Wildman–Crippen LogP) is 1.21. The Kier molecular flexibility index (Phi) is 1.27. The van der Waals surface area contributed by atoms with E-state index >= 15 is 0 Å². The van der Waals surface area contributed by atoms with Gasteiger partial charge in [0.25, 0.3) is 0 Å². The lowest BCUT2D eigenvalue weighted by Gasteiger charge is -1.90. The number of rotatable bonds is 0. The van der Waals surface area contributed by atoms with E-state index in [0.29, 0.717) is 0 Å². The molecule has 0 saturated heterocycles. The van der Waals surface area contributed by atoms with Crippen LogP contribution in [-0.2, 0) is 7.05 Å². The van der Waals surface area contributed by atoms with Crippen molar-refractivity contribution in [3.8, 4) is 6.07 Å². The largest absolute Gasteiger partial charge is 0.342 e. The lowest BCUT2D eigenvalue weighted by molar-refractivity contribution is 0.904. The summed E-state index contributed by atoms with van der Waals surface area (Å²) in [5.41, 5.74) is 1.79. The summed E-state index contributed by atoms with van der Waals surface area (Å²) in [5.74, 6) is 0. The van der Waals surface area contributed by atoms with E-state index in [0.717, 1.165) is 11.3 Å². The Hall–Kier alpha value is -1.23. The molecule has 0 aromatic carbocycles. The zero-order valence-electron chi connectivity index (χ0n) is 5.55. The second kappa shape index (κ2) is 1.94. The summed E-state index contributed by atoms with van der Waals surface area (Å²) in [7, 11) is 1.87. The molecule has 0 radical (unpaired) electrons. The Balaban J connectivity index is 3.27. The first-order chi connectivity index (χ1) is 4.25. The average molecular weight is 120 g/mol. The van der Waals surface area contributed by atoms with E-state index in [-0.39, 0.29) is 0 Å². The van der Waals surface area contributed by atoms with Crippen LogP contribution < -0.4 is 0 Å². The summed E-state index contributed by atoms with van der Waals surface area (Å²) < 4.78 is 1.81. The lowest BCUT2D eigenvalue weighted by atomic mass is 10.3. The summed E-state index contributed by atoms with van der Waals surface area (Å²) in [6, 6.07) is 4.04. The molecule has 9 heavy (non-hydrogen) atoms. The van der Waals surface area contributed by atoms with Crippen LogP contribution in [0.25, 0.3) is 0 Å². The summed E-state index contributed by atoms with van der Waals surface area (Å²) >= 11 is 0. The van der Waals surface area contributed by atoms with Crippen LogP contribution in [0.2, 0.25) is 0 Å². The molecule has 1 aromatic rings. The zero-order chi connectivity index (χ0) is 6.85. The minimum Gasteiger partial charge on any atom is -0.342 e. The average Bonchev–Trinajstić information content (AvgIpc) is 2.12. The molecule has 0 N–H and O–H groups in total. The molecule has 2 heteroatoms. The van der Waals surface area contributed by atoms with Crippen LogP contribution in [0.1, 0.15) is 11.3 Å². The third-order valence-electron chi connectivity index (χ3n) is 1.38. The van der Waals surface area contributed by atoms with Gasteiger partial charge in [0.05, 0.1) is 0 Å². The van der Waals surface area contributed by atoms with Gasteiger partial charge in [-0.25, -0.2) is 0 Å². The third-order valence-corrected chi connectivity index (χ3v) is 1.38. The third kappa shape index (κ3) is 0.812. The van der Waals surface area contributed by atoms with Gasteiger partial charge < -0.3 is 4.57 Å². The fourth-order valence-electron chi connectivity index (χ4n) is 0.822. The SMILES string of the molecule is Cc1ccn(C)c1C#N. The summed E-state index contributed by atoms with van der Waals surface area (Å²) in [6.45, 7) is 1.93. The maximum Gasteiger partial charge on any atom is 0.122 e. The Morgan fingerprint density at radius 3 is 2.56 bits per heavy atom. The van der Waals surface area contributed by atoms with E-state index < -0.39 is 0 Å². The van der Waals surface area contributed by atoms with Crippen molar-refractivity contribution in [3.63, 3.8) is 0 Å². The van der Waals surface area contributed by atoms with Crippen molar-refractivity contribution in [2.24, 2.45) is 7.05 Å². The Morgan fingerprint density at radius 1 is 1.67 bits per heavy atom. The Morgan fingerprint density at radius 2 is 2.33 bits per heavy atom. The highest BCUT2D eigenvalue weighted by atomic mass is 14.9. The molecule has 0 aliphatic rings. The van der Waals surface area contributed by atoms with Crippen LogP contribution in [0.3, 0.4) is 0 Å². The molecule has 46 valence electrons. The van der Waals surface area contributed by atoms with Gasteiger partial charge in [-0.15, -0.1) is 0 Å². The smallest absolute Gasteiger partial charge is 0.122 e. The molecule has 1 aromatic heterocycles. The second-order valence-corrected chi connectivity index (χ2v) is 2.07. The van der Waals surface area contributed by atoms with Crippen LogP contribution in [0.15, 0.2) is 12.3 Å². The normalized spacial score (nSPS) is 9.00. The van der Waals surface area contributed by atoms with Gasteiger partial charge in [-0.1, -0.05) is 0 Å². The fraction of sp³-hybridized carbons (Fsp3) is 0.286. The van der Waals surface area contributed by atoms with Crippen LogP contribution >= 0.6 is 0 Å². The molecule has 0 amide bonds. The molecule has 0 bridgehead atoms. The highest BCUT2D eigenvalue weighted by Crippen LogP contribution is 2.04. The Labute approximate surface area is 54.3 Å². The minimum absolute atomic E-state index is 0.745. The zero-order valence-corrected chi connectivity index (χ0v) is 5.55. The molecule has 2 nitrogen and oxygen atoms in total. The topological polar surface area (TPSA) is 28.7 Å². The number of nitriles is 1. The summed E-state index contributed by atoms with van der Waals surface area (Å²) in [4.78, 5) is 0. The van der Waals surface area contributed by atoms with E-state index in [2.05, 4.69) is 6.07 Å². The van der Waals surface area contributed by atoms with Crippen LogP contribution in [0, 0.1) is 18.3 Å². The van der Waals surface area contributed by atoms with E-state index in [9.17, 15) is 0 Å². The molecule has 0 saturated carbocycles. The summed E-state index contributed by atoms with van der Waals surface area (Å²) in [5, 5.41) is 8.52. The van der Waals surface area contributed by atoms with Gasteiger partial charge in [0.1, 0.15) is 11.8 Å². The number of hydrogen-bond acceptors (Lipinski definition) is 1. The molecular formula is C7H8N2. The van der Waals surface area contributed by atoms with Crippen LogP contribution in [-0.4, -0.2) is 4.57 Å². The van der Waals surface area contributed by atoms with Crippen molar-refractivity contribution >= 4 is 0 Å². The number of aromatic nitrogens is 1. The van der Waals surface area contributed by atoms with Crippen molar-refractivity contribution < 1.29 is 0 Å². The monoisotopic (exact) mass is 120 g/mol. The highest BCUT2D eigenvalue weighted by molar-refractivity contribution is 5.31. The predicted molar refractivity (Wildman–Crippen MR) is 34.9 cm³/mol. The van der Waals surface area contributed by atoms with Gasteiger partial charge in [0.15, 0.2) is 0 Å². The fourth-order valence-corrected chi connectivity index (χ4v) is 0.822. The molecule has 0 spiro atoms. The van der Waals surface area contributed by atoms with Gasteiger partial charge in [-0.2, -0.15) is 5.26 Å². The quantitative estimate of drug-likeness (QED) is 0.505. The molecule has 0 fully saturated rings. The van der Waals surface area contributed by atoms with E-state index in [1.165, 1.54) is 0 Å². The van der Waals surface area contributed by atoms with Gasteiger partial charge in [-0.3, -0.25) is 0 Å². The van der Waals surface area contributed by atoms with E-state index in [4.69, 9.17) is 5.26 Å². The Bertz CT molecular complexity index is 233. The van der Waals surface area contributed by atoms with Crippen molar-refractivity contribution in [1.29, 1.82) is 5.26 Å². The molecule has 0 atom stereocenters. The molecule has 1 heterocycles.